The van der Waals surface area contributed by atoms with Gasteiger partial charge in [-0.25, -0.2) is 0 Å². The lowest BCUT2D eigenvalue weighted by Gasteiger charge is -2.42. The minimum atomic E-state index is -1.42. The van der Waals surface area contributed by atoms with Crippen LogP contribution in [-0.2, 0) is 17.7 Å². The van der Waals surface area contributed by atoms with Crippen molar-refractivity contribution in [3.8, 4) is 0 Å². The highest BCUT2D eigenvalue weighted by molar-refractivity contribution is 5.98. The maximum absolute atomic E-state index is 13.4. The number of nitrogens with one attached hydrogen (secondary N) is 1. The molecule has 7 aromatic carbocycles. The second-order valence-electron chi connectivity index (χ2n) is 13.9. The van der Waals surface area contributed by atoms with E-state index in [-0.39, 0.29) is 11.8 Å². The first-order valence-electron chi connectivity index (χ1n) is 17.8. The number of benzene rings is 7. The monoisotopic (exact) mass is 661 g/mol. The number of hydrogen-bond acceptors (Lipinski definition) is 3. The summed E-state index contributed by atoms with van der Waals surface area (Å²) in [5.74, 6) is -0.415. The Bertz CT molecular complexity index is 2400. The number of fused-ring (bicyclic) bond motifs is 6. The van der Waals surface area contributed by atoms with E-state index in [2.05, 4.69) is 66.0 Å². The summed E-state index contributed by atoms with van der Waals surface area (Å²) in [6, 6.07) is 59.7. The Morgan fingerprint density at radius 1 is 0.549 bits per heavy atom. The molecule has 0 aromatic heterocycles. The second-order valence-corrected chi connectivity index (χ2v) is 13.9. The lowest BCUT2D eigenvalue weighted by Crippen LogP contribution is -2.48. The van der Waals surface area contributed by atoms with Crippen molar-refractivity contribution in [2.45, 2.75) is 17.7 Å². The number of rotatable bonds is 6. The molecule has 248 valence electrons. The van der Waals surface area contributed by atoms with Gasteiger partial charge in [0, 0.05) is 24.9 Å². The summed E-state index contributed by atoms with van der Waals surface area (Å²) >= 11 is 0. The highest BCUT2D eigenvalue weighted by Gasteiger charge is 2.47. The van der Waals surface area contributed by atoms with Gasteiger partial charge in [-0.2, -0.15) is 0 Å². The molecule has 1 heterocycles. The van der Waals surface area contributed by atoms with Crippen molar-refractivity contribution in [3.63, 3.8) is 0 Å². The van der Waals surface area contributed by atoms with E-state index in [1.165, 1.54) is 5.57 Å². The molecule has 0 saturated carbocycles. The zero-order chi connectivity index (χ0) is 34.4. The first kappa shape index (κ1) is 31.4. The fourth-order valence-corrected chi connectivity index (χ4v) is 8.87. The van der Waals surface area contributed by atoms with Crippen LogP contribution in [0.4, 0.5) is 0 Å². The average molecular weight is 662 g/mol. The number of aliphatic hydroxyl groups is 2. The van der Waals surface area contributed by atoms with Crippen LogP contribution in [0, 0.1) is 11.8 Å². The molecule has 0 saturated heterocycles. The molecular formula is C48H39NO2. The van der Waals surface area contributed by atoms with Crippen LogP contribution in [0.1, 0.15) is 38.9 Å². The molecule has 0 fully saturated rings. The van der Waals surface area contributed by atoms with Crippen LogP contribution in [0.3, 0.4) is 0 Å². The molecule has 7 aromatic rings. The summed E-state index contributed by atoms with van der Waals surface area (Å²) in [6.07, 6.45) is 2.30. The van der Waals surface area contributed by atoms with Gasteiger partial charge in [0.2, 0.25) is 0 Å². The van der Waals surface area contributed by atoms with Crippen LogP contribution in [-0.4, -0.2) is 16.8 Å². The number of hydrogen-bond donors (Lipinski definition) is 3. The minimum absolute atomic E-state index is 0.105. The van der Waals surface area contributed by atoms with Gasteiger partial charge in [-0.1, -0.05) is 176 Å². The molecule has 3 N–H and O–H groups in total. The van der Waals surface area contributed by atoms with Crippen molar-refractivity contribution >= 4 is 22.4 Å². The molecule has 0 radical (unpaired) electrons. The van der Waals surface area contributed by atoms with Crippen LogP contribution < -0.4 is 15.8 Å². The van der Waals surface area contributed by atoms with Crippen molar-refractivity contribution in [3.05, 3.63) is 225 Å². The highest BCUT2D eigenvalue weighted by atomic mass is 16.3. The van der Waals surface area contributed by atoms with E-state index in [0.717, 1.165) is 60.2 Å². The SMILES string of the molecule is OC(c1ccccc1)(c1ccccc1)c1cc2ccccc2c2c1CNCC1C2=c2ccccc2=CC1C(O)(c1ccccc1)c1ccccc1. The lowest BCUT2D eigenvalue weighted by atomic mass is 9.64. The van der Waals surface area contributed by atoms with Gasteiger partial charge in [-0.15, -0.1) is 0 Å². The molecule has 2 unspecified atom stereocenters. The normalized spacial score (nSPS) is 17.1. The Hall–Kier alpha value is -5.58. The van der Waals surface area contributed by atoms with E-state index in [9.17, 15) is 10.2 Å². The highest BCUT2D eigenvalue weighted by Crippen LogP contribution is 2.50. The van der Waals surface area contributed by atoms with E-state index in [1.807, 2.05) is 121 Å². The molecule has 0 bridgehead atoms. The van der Waals surface area contributed by atoms with Crippen molar-refractivity contribution in [2.24, 2.45) is 11.8 Å². The Morgan fingerprint density at radius 3 is 1.67 bits per heavy atom. The maximum atomic E-state index is 13.4. The average Bonchev–Trinajstić information content (AvgIpc) is 3.42. The summed E-state index contributed by atoms with van der Waals surface area (Å²) in [5.41, 5.74) is 4.88. The molecule has 9 rings (SSSR count). The van der Waals surface area contributed by atoms with Gasteiger partial charge < -0.3 is 15.5 Å². The van der Waals surface area contributed by atoms with Gasteiger partial charge in [0.15, 0.2) is 0 Å². The quantitative estimate of drug-likeness (QED) is 0.163. The van der Waals surface area contributed by atoms with E-state index in [4.69, 9.17) is 0 Å². The molecule has 0 spiro atoms. The Morgan fingerprint density at radius 2 is 1.06 bits per heavy atom. The third-order valence-corrected chi connectivity index (χ3v) is 11.2. The van der Waals surface area contributed by atoms with Crippen molar-refractivity contribution in [1.29, 1.82) is 0 Å². The minimum Gasteiger partial charge on any atom is -0.380 e. The first-order chi connectivity index (χ1) is 25.1. The lowest BCUT2D eigenvalue weighted by molar-refractivity contribution is 0.0274. The van der Waals surface area contributed by atoms with Gasteiger partial charge in [0.25, 0.3) is 0 Å². The van der Waals surface area contributed by atoms with Crippen molar-refractivity contribution in [2.75, 3.05) is 6.54 Å². The van der Waals surface area contributed by atoms with E-state index >= 15 is 0 Å². The third kappa shape index (κ3) is 5.00. The zero-order valence-electron chi connectivity index (χ0n) is 28.3. The van der Waals surface area contributed by atoms with Crippen LogP contribution in [0.5, 0.6) is 0 Å². The van der Waals surface area contributed by atoms with E-state index < -0.39 is 11.2 Å². The van der Waals surface area contributed by atoms with Crippen molar-refractivity contribution in [1.82, 2.24) is 5.32 Å². The summed E-state index contributed by atoms with van der Waals surface area (Å²) in [4.78, 5) is 0. The summed E-state index contributed by atoms with van der Waals surface area (Å²) in [6.45, 7) is 1.20. The molecule has 0 amide bonds. The standard InChI is InChI=1S/C48H39NO2/c50-47(35-19-5-1-6-20-35,36-21-7-2-8-22-36)43-29-33-17-13-15-27-39(33)45-41(43)31-49-32-42-44(30-34-18-14-16-28-40(34)46(42)45)48(51,37-23-9-3-10-24-37)38-25-11-4-12-26-38/h1-30,41,43,49-51H,31-32H2. The Labute approximate surface area is 298 Å². The molecule has 3 nitrogen and oxygen atoms in total. The molecule has 51 heavy (non-hydrogen) atoms. The molecule has 2 aliphatic rings. The van der Waals surface area contributed by atoms with Crippen LogP contribution in [0.2, 0.25) is 0 Å². The van der Waals surface area contributed by atoms with Crippen molar-refractivity contribution < 1.29 is 10.2 Å². The molecule has 3 heteroatoms. The van der Waals surface area contributed by atoms with Gasteiger partial charge in [-0.3, -0.25) is 0 Å². The van der Waals surface area contributed by atoms with E-state index in [0.29, 0.717) is 13.1 Å². The van der Waals surface area contributed by atoms with Crippen LogP contribution in [0.15, 0.2) is 176 Å². The van der Waals surface area contributed by atoms with Gasteiger partial charge in [-0.05, 0) is 71.8 Å². The van der Waals surface area contributed by atoms with Gasteiger partial charge >= 0.3 is 0 Å². The first-order valence-corrected chi connectivity index (χ1v) is 17.8. The largest absolute Gasteiger partial charge is 0.380 e. The molecule has 2 atom stereocenters. The maximum Gasteiger partial charge on any atom is 0.140 e. The smallest absolute Gasteiger partial charge is 0.140 e. The predicted molar refractivity (Wildman–Crippen MR) is 206 cm³/mol. The summed E-state index contributed by atoms with van der Waals surface area (Å²) < 4.78 is 0. The Kier molecular flexibility index (Phi) is 7.78. The van der Waals surface area contributed by atoms with Crippen LogP contribution in [0.25, 0.3) is 22.4 Å². The van der Waals surface area contributed by atoms with Gasteiger partial charge in [0.05, 0.1) is 0 Å². The fraction of sp³-hybridized carbons (Fsp3) is 0.125. The zero-order valence-corrected chi connectivity index (χ0v) is 28.3. The second kappa shape index (κ2) is 12.6. The fourth-order valence-electron chi connectivity index (χ4n) is 8.87. The van der Waals surface area contributed by atoms with Gasteiger partial charge in [0.1, 0.15) is 11.2 Å². The topological polar surface area (TPSA) is 52.5 Å². The molecule has 1 aliphatic carbocycles. The molecular weight excluding hydrogens is 623 g/mol. The van der Waals surface area contributed by atoms with E-state index in [1.54, 1.807) is 0 Å². The van der Waals surface area contributed by atoms with Crippen LogP contribution >= 0.6 is 0 Å². The summed E-state index contributed by atoms with van der Waals surface area (Å²) in [5, 5.41) is 35.0. The summed E-state index contributed by atoms with van der Waals surface area (Å²) in [7, 11) is 0. The third-order valence-electron chi connectivity index (χ3n) is 11.2. The molecule has 1 aliphatic heterocycles. The Balaban J connectivity index is 1.39. The predicted octanol–water partition coefficient (Wildman–Crippen LogP) is 7.39.